The van der Waals surface area contributed by atoms with Crippen LogP contribution in [0.5, 0.6) is 0 Å². The number of ether oxygens (including phenoxy) is 1. The Labute approximate surface area is 145 Å². The van der Waals surface area contributed by atoms with Crippen molar-refractivity contribution >= 4 is 12.0 Å². The Morgan fingerprint density at radius 2 is 1.76 bits per heavy atom. The van der Waals surface area contributed by atoms with E-state index in [9.17, 15) is 9.59 Å². The fourth-order valence-corrected chi connectivity index (χ4v) is 1.98. The lowest BCUT2D eigenvalue weighted by molar-refractivity contribution is 0.0526. The van der Waals surface area contributed by atoms with E-state index < -0.39 is 11.7 Å². The summed E-state index contributed by atoms with van der Waals surface area (Å²) in [5, 5.41) is 16.6. The quantitative estimate of drug-likeness (QED) is 0.788. The molecule has 0 aliphatic carbocycles. The molecule has 0 saturated carbocycles. The van der Waals surface area contributed by atoms with Crippen LogP contribution in [0.3, 0.4) is 0 Å². The van der Waals surface area contributed by atoms with Gasteiger partial charge in [0.05, 0.1) is 5.69 Å². The summed E-state index contributed by atoms with van der Waals surface area (Å²) in [5.41, 5.74) is 0.727. The van der Waals surface area contributed by atoms with Crippen LogP contribution in [0.4, 0.5) is 4.79 Å². The SMILES string of the molecule is Cc1nnnn1-c1ccc(C(=O)NCCNC(=O)OC(C)(C)C)cc1. The van der Waals surface area contributed by atoms with E-state index in [1.807, 2.05) is 0 Å². The second-order valence-electron chi connectivity index (χ2n) is 6.37. The lowest BCUT2D eigenvalue weighted by Gasteiger charge is -2.19. The van der Waals surface area contributed by atoms with Gasteiger partial charge in [-0.05, 0) is 62.4 Å². The van der Waals surface area contributed by atoms with Crippen LogP contribution in [0, 0.1) is 6.92 Å². The predicted molar refractivity (Wildman–Crippen MR) is 90.5 cm³/mol. The van der Waals surface area contributed by atoms with Gasteiger partial charge in [-0.1, -0.05) is 0 Å². The molecule has 9 heteroatoms. The molecule has 2 rings (SSSR count). The largest absolute Gasteiger partial charge is 0.444 e. The van der Waals surface area contributed by atoms with E-state index in [0.717, 1.165) is 5.69 Å². The number of carbonyl (C=O) groups excluding carboxylic acids is 2. The second kappa shape index (κ2) is 7.73. The molecule has 2 aromatic rings. The number of hydrogen-bond acceptors (Lipinski definition) is 6. The smallest absolute Gasteiger partial charge is 0.407 e. The molecule has 2 amide bonds. The minimum atomic E-state index is -0.549. The first kappa shape index (κ1) is 18.4. The van der Waals surface area contributed by atoms with Gasteiger partial charge >= 0.3 is 6.09 Å². The molecule has 2 N–H and O–H groups in total. The summed E-state index contributed by atoms with van der Waals surface area (Å²) in [7, 11) is 0. The van der Waals surface area contributed by atoms with Crippen molar-refractivity contribution in [3.63, 3.8) is 0 Å². The summed E-state index contributed by atoms with van der Waals surface area (Å²) in [5.74, 6) is 0.427. The van der Waals surface area contributed by atoms with Crippen LogP contribution in [0.1, 0.15) is 37.0 Å². The average Bonchev–Trinajstić information content (AvgIpc) is 2.96. The van der Waals surface area contributed by atoms with Crippen LogP contribution in [-0.2, 0) is 4.74 Å². The van der Waals surface area contributed by atoms with Crippen LogP contribution in [0.2, 0.25) is 0 Å². The number of amides is 2. The number of nitrogens with one attached hydrogen (secondary N) is 2. The predicted octanol–water partition coefficient (Wildman–Crippen LogP) is 1.23. The number of nitrogens with zero attached hydrogens (tertiary/aromatic N) is 4. The van der Waals surface area contributed by atoms with E-state index in [4.69, 9.17) is 4.74 Å². The summed E-state index contributed by atoms with van der Waals surface area (Å²) >= 11 is 0. The third-order valence-corrected chi connectivity index (χ3v) is 3.08. The lowest BCUT2D eigenvalue weighted by Crippen LogP contribution is -2.37. The first-order valence-corrected chi connectivity index (χ1v) is 7.87. The molecule has 0 bridgehead atoms. The van der Waals surface area contributed by atoms with Gasteiger partial charge in [0.1, 0.15) is 5.60 Å². The Balaban J connectivity index is 1.80. The molecule has 1 heterocycles. The van der Waals surface area contributed by atoms with Crippen molar-refractivity contribution in [1.82, 2.24) is 30.8 Å². The van der Waals surface area contributed by atoms with E-state index in [2.05, 4.69) is 26.2 Å². The van der Waals surface area contributed by atoms with Crippen molar-refractivity contribution in [2.24, 2.45) is 0 Å². The highest BCUT2D eigenvalue weighted by atomic mass is 16.6. The Bertz CT molecular complexity index is 733. The molecule has 0 aliphatic rings. The van der Waals surface area contributed by atoms with Gasteiger partial charge in [0.15, 0.2) is 5.82 Å². The highest BCUT2D eigenvalue weighted by Gasteiger charge is 2.15. The maximum Gasteiger partial charge on any atom is 0.407 e. The fraction of sp³-hybridized carbons (Fsp3) is 0.438. The molecule has 0 aliphatic heterocycles. The molecule has 0 unspecified atom stereocenters. The molecule has 0 spiro atoms. The van der Waals surface area contributed by atoms with Crippen molar-refractivity contribution in [1.29, 1.82) is 0 Å². The minimum absolute atomic E-state index is 0.231. The van der Waals surface area contributed by atoms with Gasteiger partial charge < -0.3 is 15.4 Å². The summed E-state index contributed by atoms with van der Waals surface area (Å²) in [6.45, 7) is 7.73. The molecule has 0 radical (unpaired) electrons. The first-order valence-electron chi connectivity index (χ1n) is 7.87. The summed E-state index contributed by atoms with van der Waals surface area (Å²) < 4.78 is 6.68. The van der Waals surface area contributed by atoms with Gasteiger partial charge in [-0.15, -0.1) is 5.10 Å². The Kier molecular flexibility index (Phi) is 5.68. The van der Waals surface area contributed by atoms with E-state index in [1.165, 1.54) is 0 Å². The summed E-state index contributed by atoms with van der Waals surface area (Å²) in [6, 6.07) is 6.90. The number of tetrazole rings is 1. The van der Waals surface area contributed by atoms with E-state index in [1.54, 1.807) is 56.6 Å². The summed E-state index contributed by atoms with van der Waals surface area (Å²) in [4.78, 5) is 23.6. The molecule has 1 aromatic heterocycles. The Morgan fingerprint density at radius 1 is 1.12 bits per heavy atom. The maximum atomic E-state index is 12.1. The van der Waals surface area contributed by atoms with Crippen LogP contribution in [0.15, 0.2) is 24.3 Å². The van der Waals surface area contributed by atoms with E-state index >= 15 is 0 Å². The Hall–Kier alpha value is -2.97. The molecule has 0 fully saturated rings. The van der Waals surface area contributed by atoms with Gasteiger partial charge in [0, 0.05) is 18.7 Å². The maximum absolute atomic E-state index is 12.1. The van der Waals surface area contributed by atoms with Crippen molar-refractivity contribution in [3.8, 4) is 5.69 Å². The fourth-order valence-electron chi connectivity index (χ4n) is 1.98. The van der Waals surface area contributed by atoms with Crippen molar-refractivity contribution in [2.45, 2.75) is 33.3 Å². The standard InChI is InChI=1S/C16H22N6O3/c1-11-19-20-21-22(11)13-7-5-12(6-8-13)14(23)17-9-10-18-15(24)25-16(2,3)4/h5-8H,9-10H2,1-4H3,(H,17,23)(H,18,24). The zero-order valence-electron chi connectivity index (χ0n) is 14.7. The molecule has 1 aromatic carbocycles. The van der Waals surface area contributed by atoms with E-state index in [-0.39, 0.29) is 12.5 Å². The third kappa shape index (κ3) is 5.55. The van der Waals surface area contributed by atoms with E-state index in [0.29, 0.717) is 17.9 Å². The third-order valence-electron chi connectivity index (χ3n) is 3.08. The van der Waals surface area contributed by atoms with Gasteiger partial charge in [-0.3, -0.25) is 4.79 Å². The van der Waals surface area contributed by atoms with Gasteiger partial charge in [0.2, 0.25) is 0 Å². The molecule has 9 nitrogen and oxygen atoms in total. The average molecular weight is 346 g/mol. The minimum Gasteiger partial charge on any atom is -0.444 e. The van der Waals surface area contributed by atoms with Crippen molar-refractivity contribution < 1.29 is 14.3 Å². The number of carbonyl (C=O) groups is 2. The monoisotopic (exact) mass is 346 g/mol. The van der Waals surface area contributed by atoms with Crippen LogP contribution >= 0.6 is 0 Å². The van der Waals surface area contributed by atoms with Crippen molar-refractivity contribution in [2.75, 3.05) is 13.1 Å². The lowest BCUT2D eigenvalue weighted by atomic mass is 10.2. The number of aromatic nitrogens is 4. The topological polar surface area (TPSA) is 111 Å². The highest BCUT2D eigenvalue weighted by molar-refractivity contribution is 5.94. The van der Waals surface area contributed by atoms with Crippen molar-refractivity contribution in [3.05, 3.63) is 35.7 Å². The second-order valence-corrected chi connectivity index (χ2v) is 6.37. The molecule has 0 atom stereocenters. The normalized spacial score (nSPS) is 11.0. The number of rotatable bonds is 5. The number of aryl methyl sites for hydroxylation is 1. The first-order chi connectivity index (χ1) is 11.8. The zero-order chi connectivity index (χ0) is 18.4. The zero-order valence-corrected chi connectivity index (χ0v) is 14.7. The number of benzene rings is 1. The number of hydrogen-bond donors (Lipinski definition) is 2. The van der Waals surface area contributed by atoms with Crippen LogP contribution < -0.4 is 10.6 Å². The van der Waals surface area contributed by atoms with Crippen LogP contribution in [-0.4, -0.2) is 50.9 Å². The highest BCUT2D eigenvalue weighted by Crippen LogP contribution is 2.09. The summed E-state index contributed by atoms with van der Waals surface area (Å²) in [6.07, 6.45) is -0.511. The number of alkyl carbamates (subject to hydrolysis) is 1. The van der Waals surface area contributed by atoms with Gasteiger partial charge in [-0.2, -0.15) is 4.68 Å². The molecular formula is C16H22N6O3. The van der Waals surface area contributed by atoms with Gasteiger partial charge in [-0.25, -0.2) is 4.79 Å². The van der Waals surface area contributed by atoms with Crippen LogP contribution in [0.25, 0.3) is 5.69 Å². The molecule has 134 valence electrons. The molecule has 0 saturated heterocycles. The molecule has 25 heavy (non-hydrogen) atoms. The Morgan fingerprint density at radius 3 is 2.32 bits per heavy atom. The molecular weight excluding hydrogens is 324 g/mol. The van der Waals surface area contributed by atoms with Gasteiger partial charge in [0.25, 0.3) is 5.91 Å².